The van der Waals surface area contributed by atoms with Crippen molar-refractivity contribution >= 4 is 23.2 Å². The van der Waals surface area contributed by atoms with Gasteiger partial charge >= 0.3 is 0 Å². The van der Waals surface area contributed by atoms with Crippen molar-refractivity contribution in [1.82, 2.24) is 0 Å². The van der Waals surface area contributed by atoms with E-state index in [-0.39, 0.29) is 6.04 Å². The van der Waals surface area contributed by atoms with Crippen molar-refractivity contribution in [3.05, 3.63) is 69.7 Å². The molecule has 3 heteroatoms. The van der Waals surface area contributed by atoms with E-state index < -0.39 is 0 Å². The van der Waals surface area contributed by atoms with Crippen LogP contribution in [0.1, 0.15) is 24.1 Å². The minimum absolute atomic E-state index is 0.00347. The lowest BCUT2D eigenvalue weighted by Gasteiger charge is -2.21. The summed E-state index contributed by atoms with van der Waals surface area (Å²) in [6, 6.07) is 15.8. The Hall–Kier alpha value is -1.02. The molecule has 2 N–H and O–H groups in total. The van der Waals surface area contributed by atoms with E-state index in [9.17, 15) is 0 Å². The van der Waals surface area contributed by atoms with Crippen molar-refractivity contribution < 1.29 is 0 Å². The van der Waals surface area contributed by atoms with Gasteiger partial charge in [-0.1, -0.05) is 72.6 Å². The van der Waals surface area contributed by atoms with Gasteiger partial charge in [0.2, 0.25) is 0 Å². The molecular formula is C16H17Cl2N. The number of hydrogen-bond donors (Lipinski definition) is 1. The van der Waals surface area contributed by atoms with E-state index in [2.05, 4.69) is 19.1 Å². The number of halogens is 2. The molecule has 0 heterocycles. The average Bonchev–Trinajstić information content (AvgIpc) is 2.44. The van der Waals surface area contributed by atoms with Crippen molar-refractivity contribution in [2.24, 2.45) is 11.7 Å². The zero-order valence-electron chi connectivity index (χ0n) is 10.8. The molecule has 19 heavy (non-hydrogen) atoms. The molecule has 100 valence electrons. The van der Waals surface area contributed by atoms with Crippen LogP contribution in [0.4, 0.5) is 0 Å². The van der Waals surface area contributed by atoms with E-state index in [0.29, 0.717) is 16.0 Å². The third kappa shape index (κ3) is 3.50. The highest BCUT2D eigenvalue weighted by Gasteiger charge is 2.17. The van der Waals surface area contributed by atoms with Gasteiger partial charge in [-0.2, -0.15) is 0 Å². The molecule has 0 fully saturated rings. The Morgan fingerprint density at radius 2 is 1.68 bits per heavy atom. The minimum Gasteiger partial charge on any atom is -0.324 e. The summed E-state index contributed by atoms with van der Waals surface area (Å²) in [4.78, 5) is 0. The topological polar surface area (TPSA) is 26.0 Å². The van der Waals surface area contributed by atoms with Gasteiger partial charge in [-0.05, 0) is 29.5 Å². The third-order valence-electron chi connectivity index (χ3n) is 3.37. The summed E-state index contributed by atoms with van der Waals surface area (Å²) in [7, 11) is 0. The molecule has 0 saturated heterocycles. The molecule has 0 saturated carbocycles. The summed E-state index contributed by atoms with van der Waals surface area (Å²) in [5, 5.41) is 1.23. The molecule has 0 spiro atoms. The second-order valence-corrected chi connectivity index (χ2v) is 5.62. The van der Waals surface area contributed by atoms with Crippen LogP contribution < -0.4 is 5.73 Å². The molecule has 0 aliphatic rings. The van der Waals surface area contributed by atoms with E-state index in [1.54, 1.807) is 6.07 Å². The fraction of sp³-hybridized carbons (Fsp3) is 0.250. The molecule has 0 aliphatic heterocycles. The van der Waals surface area contributed by atoms with Crippen LogP contribution in [-0.4, -0.2) is 0 Å². The largest absolute Gasteiger partial charge is 0.324 e. The van der Waals surface area contributed by atoms with Gasteiger partial charge < -0.3 is 5.73 Å². The summed E-state index contributed by atoms with van der Waals surface area (Å²) in [5.41, 5.74) is 8.49. The van der Waals surface area contributed by atoms with Crippen LogP contribution in [0.3, 0.4) is 0 Å². The normalized spacial score (nSPS) is 14.1. The maximum Gasteiger partial charge on any atom is 0.0624 e. The third-order valence-corrected chi connectivity index (χ3v) is 4.23. The predicted octanol–water partition coefficient (Wildman–Crippen LogP) is 4.87. The Bertz CT molecular complexity index is 540. The minimum atomic E-state index is -0.00347. The lowest BCUT2D eigenvalue weighted by molar-refractivity contribution is 0.468. The monoisotopic (exact) mass is 293 g/mol. The quantitative estimate of drug-likeness (QED) is 0.855. The predicted molar refractivity (Wildman–Crippen MR) is 82.7 cm³/mol. The van der Waals surface area contributed by atoms with Crippen LogP contribution in [0, 0.1) is 5.92 Å². The highest BCUT2D eigenvalue weighted by molar-refractivity contribution is 6.42. The van der Waals surface area contributed by atoms with Crippen molar-refractivity contribution in [2.45, 2.75) is 19.4 Å². The van der Waals surface area contributed by atoms with E-state index in [1.807, 2.05) is 30.3 Å². The Kier molecular flexibility index (Phi) is 4.87. The summed E-state index contributed by atoms with van der Waals surface area (Å²) in [6.45, 7) is 2.13. The van der Waals surface area contributed by atoms with Crippen molar-refractivity contribution in [1.29, 1.82) is 0 Å². The lowest BCUT2D eigenvalue weighted by Crippen LogP contribution is -2.21. The van der Waals surface area contributed by atoms with Gasteiger partial charge in [0.25, 0.3) is 0 Å². The highest BCUT2D eigenvalue weighted by Crippen LogP contribution is 2.30. The van der Waals surface area contributed by atoms with Gasteiger partial charge in [-0.3, -0.25) is 0 Å². The molecule has 0 aliphatic carbocycles. The molecule has 2 unspecified atom stereocenters. The Labute approximate surface area is 124 Å². The van der Waals surface area contributed by atoms with E-state index in [4.69, 9.17) is 28.9 Å². The molecule has 0 bridgehead atoms. The standard InChI is InChI=1S/C16H17Cl2N/c1-11(16(19)12-6-3-2-4-7-12)10-13-8-5-9-14(17)15(13)18/h2-9,11,16H,10,19H2,1H3. The average molecular weight is 294 g/mol. The first-order valence-electron chi connectivity index (χ1n) is 6.33. The van der Waals surface area contributed by atoms with Crippen molar-refractivity contribution in [3.63, 3.8) is 0 Å². The summed E-state index contributed by atoms with van der Waals surface area (Å²) < 4.78 is 0. The Morgan fingerprint density at radius 1 is 1.00 bits per heavy atom. The first kappa shape index (κ1) is 14.4. The van der Waals surface area contributed by atoms with E-state index in [0.717, 1.165) is 17.5 Å². The Balaban J connectivity index is 2.13. The number of nitrogens with two attached hydrogens (primary N) is 1. The van der Waals surface area contributed by atoms with Crippen LogP contribution in [0.15, 0.2) is 48.5 Å². The van der Waals surface area contributed by atoms with Crippen LogP contribution in [-0.2, 0) is 6.42 Å². The Morgan fingerprint density at radius 3 is 2.37 bits per heavy atom. The lowest BCUT2D eigenvalue weighted by atomic mass is 9.90. The van der Waals surface area contributed by atoms with E-state index >= 15 is 0 Å². The van der Waals surface area contributed by atoms with Crippen LogP contribution in [0.25, 0.3) is 0 Å². The van der Waals surface area contributed by atoms with Gasteiger partial charge in [0.1, 0.15) is 0 Å². The SMILES string of the molecule is CC(Cc1cccc(Cl)c1Cl)C(N)c1ccccc1. The molecule has 2 rings (SSSR count). The second-order valence-electron chi connectivity index (χ2n) is 4.83. The van der Waals surface area contributed by atoms with Gasteiger partial charge in [0, 0.05) is 6.04 Å². The second kappa shape index (κ2) is 6.42. The maximum absolute atomic E-state index is 6.30. The zero-order valence-corrected chi connectivity index (χ0v) is 12.3. The molecule has 0 amide bonds. The molecule has 1 nitrogen and oxygen atoms in total. The molecular weight excluding hydrogens is 277 g/mol. The van der Waals surface area contributed by atoms with Gasteiger partial charge in [0.05, 0.1) is 10.0 Å². The highest BCUT2D eigenvalue weighted by atomic mass is 35.5. The smallest absolute Gasteiger partial charge is 0.0624 e. The molecule has 2 aromatic rings. The maximum atomic E-state index is 6.30. The molecule has 2 atom stereocenters. The number of hydrogen-bond acceptors (Lipinski definition) is 1. The van der Waals surface area contributed by atoms with Crippen molar-refractivity contribution in [2.75, 3.05) is 0 Å². The van der Waals surface area contributed by atoms with E-state index in [1.165, 1.54) is 0 Å². The first-order chi connectivity index (χ1) is 9.09. The summed E-state index contributed by atoms with van der Waals surface area (Å²) in [5.74, 6) is 0.290. The zero-order chi connectivity index (χ0) is 13.8. The molecule has 2 aromatic carbocycles. The van der Waals surface area contributed by atoms with Crippen molar-refractivity contribution in [3.8, 4) is 0 Å². The summed E-state index contributed by atoms with van der Waals surface area (Å²) in [6.07, 6.45) is 0.815. The van der Waals surface area contributed by atoms with Crippen LogP contribution >= 0.6 is 23.2 Å². The van der Waals surface area contributed by atoms with Crippen LogP contribution in [0.5, 0.6) is 0 Å². The molecule has 0 aromatic heterocycles. The van der Waals surface area contributed by atoms with Gasteiger partial charge in [-0.25, -0.2) is 0 Å². The van der Waals surface area contributed by atoms with Crippen LogP contribution in [0.2, 0.25) is 10.0 Å². The summed E-state index contributed by atoms with van der Waals surface area (Å²) >= 11 is 12.2. The number of benzene rings is 2. The fourth-order valence-corrected chi connectivity index (χ4v) is 2.58. The van der Waals surface area contributed by atoms with Gasteiger partial charge in [0.15, 0.2) is 0 Å². The molecule has 0 radical (unpaired) electrons. The number of rotatable bonds is 4. The van der Waals surface area contributed by atoms with Gasteiger partial charge in [-0.15, -0.1) is 0 Å². The first-order valence-corrected chi connectivity index (χ1v) is 7.08. The fourth-order valence-electron chi connectivity index (χ4n) is 2.18.